The maximum atomic E-state index is 11.1. The molecule has 2 rings (SSSR count). The topological polar surface area (TPSA) is 43.8 Å². The van der Waals surface area contributed by atoms with Gasteiger partial charge in [-0.15, -0.1) is 24.8 Å². The quantitative estimate of drug-likeness (QED) is 0.862. The first-order valence-corrected chi connectivity index (χ1v) is 7.40. The van der Waals surface area contributed by atoms with E-state index in [0.29, 0.717) is 6.04 Å². The highest BCUT2D eigenvalue weighted by Crippen LogP contribution is 2.24. The zero-order valence-electron chi connectivity index (χ0n) is 12.3. The van der Waals surface area contributed by atoms with Crippen LogP contribution in [0.15, 0.2) is 0 Å². The van der Waals surface area contributed by atoms with Crippen molar-refractivity contribution in [3.05, 3.63) is 0 Å². The van der Waals surface area contributed by atoms with Gasteiger partial charge in [0.05, 0.1) is 5.92 Å². The van der Waals surface area contributed by atoms with Crippen LogP contribution in [0.2, 0.25) is 0 Å². The second kappa shape index (κ2) is 9.82. The Hall–Kier alpha value is -0.0300. The summed E-state index contributed by atoms with van der Waals surface area (Å²) < 4.78 is 0. The molecule has 0 amide bonds. The molecule has 4 nitrogen and oxygen atoms in total. The lowest BCUT2D eigenvalue weighted by Crippen LogP contribution is -2.49. The van der Waals surface area contributed by atoms with Gasteiger partial charge in [0.15, 0.2) is 0 Å². The smallest absolute Gasteiger partial charge is 0.307 e. The first-order chi connectivity index (χ1) is 8.70. The highest BCUT2D eigenvalue weighted by Gasteiger charge is 2.31. The standard InChI is InChI=1S/C14H26N2O2.2ClH/c1-2-7-15-9-5-13(6-10-15)16-8-3-4-12(11-16)14(17)18;;/h12-13H,2-11H2,1H3,(H,17,18);2*1H. The maximum Gasteiger partial charge on any atom is 0.307 e. The van der Waals surface area contributed by atoms with Crippen LogP contribution in [-0.2, 0) is 4.79 Å². The Morgan fingerprint density at radius 1 is 1.15 bits per heavy atom. The number of hydrogen-bond acceptors (Lipinski definition) is 3. The van der Waals surface area contributed by atoms with Gasteiger partial charge >= 0.3 is 5.97 Å². The zero-order valence-corrected chi connectivity index (χ0v) is 13.9. The molecule has 0 aliphatic carbocycles. The van der Waals surface area contributed by atoms with E-state index >= 15 is 0 Å². The van der Waals surface area contributed by atoms with Gasteiger partial charge in [0.25, 0.3) is 0 Å². The van der Waals surface area contributed by atoms with E-state index in [-0.39, 0.29) is 30.7 Å². The van der Waals surface area contributed by atoms with E-state index in [9.17, 15) is 4.79 Å². The monoisotopic (exact) mass is 326 g/mol. The molecule has 0 bridgehead atoms. The van der Waals surface area contributed by atoms with Crippen LogP contribution in [0, 0.1) is 5.92 Å². The van der Waals surface area contributed by atoms with Crippen LogP contribution in [0.3, 0.4) is 0 Å². The molecule has 20 heavy (non-hydrogen) atoms. The highest BCUT2D eigenvalue weighted by molar-refractivity contribution is 5.85. The van der Waals surface area contributed by atoms with Gasteiger partial charge < -0.3 is 10.0 Å². The molecule has 0 aromatic carbocycles. The predicted molar refractivity (Wildman–Crippen MR) is 86.2 cm³/mol. The van der Waals surface area contributed by atoms with Crippen LogP contribution < -0.4 is 0 Å². The number of piperidine rings is 2. The summed E-state index contributed by atoms with van der Waals surface area (Å²) in [4.78, 5) is 16.1. The molecular weight excluding hydrogens is 299 g/mol. The summed E-state index contributed by atoms with van der Waals surface area (Å²) in [5.74, 6) is -0.740. The largest absolute Gasteiger partial charge is 0.481 e. The molecule has 1 N–H and O–H groups in total. The zero-order chi connectivity index (χ0) is 13.0. The van der Waals surface area contributed by atoms with Gasteiger partial charge in [0.1, 0.15) is 0 Å². The number of rotatable bonds is 4. The Balaban J connectivity index is 0.00000180. The molecule has 0 aromatic rings. The Morgan fingerprint density at radius 2 is 1.80 bits per heavy atom. The second-order valence-corrected chi connectivity index (χ2v) is 5.75. The Labute approximate surface area is 134 Å². The summed E-state index contributed by atoms with van der Waals surface area (Å²) in [6.45, 7) is 7.69. The average molecular weight is 327 g/mol. The first kappa shape index (κ1) is 20.0. The third-order valence-corrected chi connectivity index (χ3v) is 4.42. The minimum Gasteiger partial charge on any atom is -0.481 e. The molecule has 1 atom stereocenters. The lowest BCUT2D eigenvalue weighted by molar-refractivity contribution is -0.144. The Bertz CT molecular complexity index is 284. The normalized spacial score (nSPS) is 25.6. The van der Waals surface area contributed by atoms with E-state index in [2.05, 4.69) is 16.7 Å². The lowest BCUT2D eigenvalue weighted by atomic mass is 9.94. The molecule has 0 aromatic heterocycles. The maximum absolute atomic E-state index is 11.1. The summed E-state index contributed by atoms with van der Waals surface area (Å²) in [6.07, 6.45) is 5.57. The van der Waals surface area contributed by atoms with Crippen LogP contribution in [0.25, 0.3) is 0 Å². The fourth-order valence-electron chi connectivity index (χ4n) is 3.36. The van der Waals surface area contributed by atoms with E-state index in [1.54, 1.807) is 0 Å². The third kappa shape index (κ3) is 5.40. The summed E-state index contributed by atoms with van der Waals surface area (Å²) in [6, 6.07) is 0.625. The van der Waals surface area contributed by atoms with Gasteiger partial charge in [-0.2, -0.15) is 0 Å². The SMILES string of the molecule is CCCN1CCC(N2CCCC(C(=O)O)C2)CC1.Cl.Cl. The number of carbonyl (C=O) groups is 1. The number of likely N-dealkylation sites (tertiary alicyclic amines) is 2. The molecule has 6 heteroatoms. The lowest BCUT2D eigenvalue weighted by Gasteiger charge is -2.41. The first-order valence-electron chi connectivity index (χ1n) is 7.40. The van der Waals surface area contributed by atoms with Crippen molar-refractivity contribution < 1.29 is 9.90 Å². The van der Waals surface area contributed by atoms with Crippen molar-refractivity contribution in [2.75, 3.05) is 32.7 Å². The van der Waals surface area contributed by atoms with E-state index in [4.69, 9.17) is 5.11 Å². The summed E-state index contributed by atoms with van der Waals surface area (Å²) >= 11 is 0. The van der Waals surface area contributed by atoms with Gasteiger partial charge in [0.2, 0.25) is 0 Å². The minimum atomic E-state index is -0.608. The predicted octanol–water partition coefficient (Wildman–Crippen LogP) is 2.50. The van der Waals surface area contributed by atoms with Crippen molar-refractivity contribution >= 4 is 30.8 Å². The van der Waals surface area contributed by atoms with Crippen LogP contribution in [0.5, 0.6) is 0 Å². The molecule has 2 saturated heterocycles. The van der Waals surface area contributed by atoms with Crippen molar-refractivity contribution in [1.29, 1.82) is 0 Å². The third-order valence-electron chi connectivity index (χ3n) is 4.42. The van der Waals surface area contributed by atoms with Crippen LogP contribution >= 0.6 is 24.8 Å². The van der Waals surface area contributed by atoms with E-state index in [1.165, 1.54) is 38.9 Å². The molecule has 1 unspecified atom stereocenters. The van der Waals surface area contributed by atoms with Crippen LogP contribution in [0.4, 0.5) is 0 Å². The number of aliphatic carboxylic acids is 1. The molecule has 0 radical (unpaired) electrons. The summed E-state index contributed by atoms with van der Waals surface area (Å²) in [7, 11) is 0. The highest BCUT2D eigenvalue weighted by atomic mass is 35.5. The number of carboxylic acids is 1. The number of carboxylic acid groups (broad SMARTS) is 1. The molecule has 120 valence electrons. The van der Waals surface area contributed by atoms with Crippen molar-refractivity contribution in [2.24, 2.45) is 5.92 Å². The Kier molecular flexibility index (Phi) is 9.81. The van der Waals surface area contributed by atoms with E-state index in [0.717, 1.165) is 25.9 Å². The van der Waals surface area contributed by atoms with Gasteiger partial charge in [0, 0.05) is 12.6 Å². The number of nitrogens with zero attached hydrogens (tertiary/aromatic N) is 2. The van der Waals surface area contributed by atoms with Gasteiger partial charge in [-0.3, -0.25) is 9.69 Å². The molecule has 2 heterocycles. The number of hydrogen-bond donors (Lipinski definition) is 1. The van der Waals surface area contributed by atoms with Gasteiger partial charge in [-0.1, -0.05) is 6.92 Å². The van der Waals surface area contributed by atoms with E-state index in [1.807, 2.05) is 0 Å². The molecule has 0 spiro atoms. The fraction of sp³-hybridized carbons (Fsp3) is 0.929. The van der Waals surface area contributed by atoms with Crippen molar-refractivity contribution in [1.82, 2.24) is 9.80 Å². The molecule has 0 saturated carbocycles. The molecule has 2 fully saturated rings. The van der Waals surface area contributed by atoms with Gasteiger partial charge in [-0.05, 0) is 58.3 Å². The number of halogens is 2. The molecule has 2 aliphatic heterocycles. The molecular formula is C14H28Cl2N2O2. The van der Waals surface area contributed by atoms with Crippen LogP contribution in [0.1, 0.15) is 39.0 Å². The summed E-state index contributed by atoms with van der Waals surface area (Å²) in [5.41, 5.74) is 0. The van der Waals surface area contributed by atoms with Gasteiger partial charge in [-0.25, -0.2) is 0 Å². The van der Waals surface area contributed by atoms with Crippen molar-refractivity contribution in [2.45, 2.75) is 45.1 Å². The average Bonchev–Trinajstić information content (AvgIpc) is 2.40. The Morgan fingerprint density at radius 3 is 2.35 bits per heavy atom. The fourth-order valence-corrected chi connectivity index (χ4v) is 3.36. The van der Waals surface area contributed by atoms with Crippen molar-refractivity contribution in [3.63, 3.8) is 0 Å². The second-order valence-electron chi connectivity index (χ2n) is 5.75. The summed E-state index contributed by atoms with van der Waals surface area (Å²) in [5, 5.41) is 9.13. The van der Waals surface area contributed by atoms with E-state index < -0.39 is 5.97 Å². The van der Waals surface area contributed by atoms with Crippen LogP contribution in [-0.4, -0.2) is 59.6 Å². The minimum absolute atomic E-state index is 0. The van der Waals surface area contributed by atoms with Crippen molar-refractivity contribution in [3.8, 4) is 0 Å². The molecule has 2 aliphatic rings.